The van der Waals surface area contributed by atoms with Crippen LogP contribution in [0.3, 0.4) is 0 Å². The van der Waals surface area contributed by atoms with Gasteiger partial charge in [0.1, 0.15) is 5.82 Å². The van der Waals surface area contributed by atoms with Crippen molar-refractivity contribution in [2.45, 2.75) is 18.7 Å². The molecule has 30 heavy (non-hydrogen) atoms. The van der Waals surface area contributed by atoms with E-state index in [1.807, 2.05) is 0 Å². The van der Waals surface area contributed by atoms with Gasteiger partial charge in [-0.05, 0) is 54.8 Å². The lowest BCUT2D eigenvalue weighted by atomic mass is 10.2. The molecule has 162 valence electrons. The molecule has 2 amide bonds. The number of halogens is 1. The van der Waals surface area contributed by atoms with E-state index in [4.69, 9.17) is 0 Å². The van der Waals surface area contributed by atoms with Crippen molar-refractivity contribution in [3.8, 4) is 0 Å². The van der Waals surface area contributed by atoms with Crippen molar-refractivity contribution in [3.63, 3.8) is 0 Å². The number of sulfone groups is 1. The van der Waals surface area contributed by atoms with Crippen LogP contribution in [0, 0.1) is 18.7 Å². The number of hydrogen-bond acceptors (Lipinski definition) is 5. The number of rotatable bonds is 7. The van der Waals surface area contributed by atoms with Crippen molar-refractivity contribution in [1.82, 2.24) is 4.90 Å². The molecule has 0 fully saturated rings. The van der Waals surface area contributed by atoms with Gasteiger partial charge in [-0.15, -0.1) is 0 Å². The quantitative estimate of drug-likeness (QED) is 0.717. The van der Waals surface area contributed by atoms with E-state index in [1.54, 1.807) is 13.8 Å². The predicted molar refractivity (Wildman–Crippen MR) is 112 cm³/mol. The van der Waals surface area contributed by atoms with Crippen molar-refractivity contribution in [2.75, 3.05) is 31.8 Å². The van der Waals surface area contributed by atoms with E-state index < -0.39 is 21.8 Å². The van der Waals surface area contributed by atoms with Crippen molar-refractivity contribution < 1.29 is 27.1 Å². The molecule has 0 heterocycles. The fourth-order valence-electron chi connectivity index (χ4n) is 2.98. The second kappa shape index (κ2) is 9.71. The Morgan fingerprint density at radius 2 is 1.90 bits per heavy atom. The molecule has 2 rings (SSSR count). The molecule has 0 saturated heterocycles. The van der Waals surface area contributed by atoms with Crippen molar-refractivity contribution >= 4 is 27.5 Å². The number of anilines is 1. The highest BCUT2D eigenvalue weighted by atomic mass is 32.2. The third-order valence-corrected chi connectivity index (χ3v) is 6.43. The molecule has 0 aliphatic carbocycles. The van der Waals surface area contributed by atoms with E-state index in [0.717, 1.165) is 0 Å². The van der Waals surface area contributed by atoms with Crippen LogP contribution in [0.1, 0.15) is 22.8 Å². The van der Waals surface area contributed by atoms with Gasteiger partial charge < -0.3 is 15.0 Å². The van der Waals surface area contributed by atoms with Crippen LogP contribution < -0.4 is 5.32 Å². The lowest BCUT2D eigenvalue weighted by Crippen LogP contribution is -2.33. The molecule has 0 spiro atoms. The minimum Gasteiger partial charge on any atom is -0.453 e. The molecule has 1 atom stereocenters. The van der Waals surface area contributed by atoms with E-state index in [9.17, 15) is 22.4 Å². The fraction of sp³-hybridized carbons (Fsp3) is 0.333. The molecule has 2 aromatic rings. The minimum atomic E-state index is -3.69. The summed E-state index contributed by atoms with van der Waals surface area (Å²) in [7, 11) is -0.908. The molecule has 2 aromatic carbocycles. The first-order valence-electron chi connectivity index (χ1n) is 9.23. The normalized spacial score (nSPS) is 12.2. The molecule has 0 aliphatic rings. The largest absolute Gasteiger partial charge is 0.453 e. The Morgan fingerprint density at radius 3 is 2.53 bits per heavy atom. The highest BCUT2D eigenvalue weighted by Gasteiger charge is 2.22. The van der Waals surface area contributed by atoms with E-state index in [2.05, 4.69) is 10.1 Å². The van der Waals surface area contributed by atoms with Crippen molar-refractivity contribution in [1.29, 1.82) is 0 Å². The van der Waals surface area contributed by atoms with Gasteiger partial charge in [0.25, 0.3) is 5.91 Å². The van der Waals surface area contributed by atoms with Crippen LogP contribution >= 0.6 is 0 Å². The predicted octanol–water partition coefficient (Wildman–Crippen LogP) is 3.49. The van der Waals surface area contributed by atoms with Gasteiger partial charge in [-0.25, -0.2) is 17.6 Å². The SMILES string of the molecule is COC(=O)N(C)CC(C)CS(=O)(=O)c1cccc(C(=O)Nc2ccc(F)c(C)c2)c1. The number of nitrogens with one attached hydrogen (secondary N) is 1. The number of carbonyl (C=O) groups is 2. The second-order valence-corrected chi connectivity index (χ2v) is 9.22. The number of aryl methyl sites for hydroxylation is 1. The molecule has 0 bridgehead atoms. The zero-order chi connectivity index (χ0) is 22.5. The van der Waals surface area contributed by atoms with E-state index in [1.165, 1.54) is 61.5 Å². The van der Waals surface area contributed by atoms with Gasteiger partial charge in [-0.2, -0.15) is 0 Å². The lowest BCUT2D eigenvalue weighted by molar-refractivity contribution is 0.102. The van der Waals surface area contributed by atoms with Gasteiger partial charge in [0, 0.05) is 24.8 Å². The fourth-order valence-corrected chi connectivity index (χ4v) is 4.62. The average molecular weight is 437 g/mol. The molecule has 9 heteroatoms. The summed E-state index contributed by atoms with van der Waals surface area (Å²) in [4.78, 5) is 25.3. The molecule has 0 aliphatic heterocycles. The Balaban J connectivity index is 2.13. The number of amides is 2. The number of ether oxygens (including phenoxy) is 1. The lowest BCUT2D eigenvalue weighted by Gasteiger charge is -2.20. The molecule has 1 unspecified atom stereocenters. The third-order valence-electron chi connectivity index (χ3n) is 4.45. The smallest absolute Gasteiger partial charge is 0.409 e. The zero-order valence-electron chi connectivity index (χ0n) is 17.3. The number of carbonyl (C=O) groups excluding carboxylic acids is 2. The first kappa shape index (κ1) is 23.3. The van der Waals surface area contributed by atoms with Gasteiger partial charge in [0.05, 0.1) is 17.8 Å². The van der Waals surface area contributed by atoms with Gasteiger partial charge in [0.15, 0.2) is 9.84 Å². The van der Waals surface area contributed by atoms with Crippen molar-refractivity contribution in [3.05, 3.63) is 59.4 Å². The molecule has 0 aromatic heterocycles. The summed E-state index contributed by atoms with van der Waals surface area (Å²) in [6.45, 7) is 3.50. The summed E-state index contributed by atoms with van der Waals surface area (Å²) >= 11 is 0. The molecular weight excluding hydrogens is 411 g/mol. The Kier molecular flexibility index (Phi) is 7.55. The van der Waals surface area contributed by atoms with Crippen LogP contribution in [-0.2, 0) is 14.6 Å². The van der Waals surface area contributed by atoms with Gasteiger partial charge in [-0.1, -0.05) is 13.0 Å². The van der Waals surface area contributed by atoms with E-state index >= 15 is 0 Å². The third kappa shape index (κ3) is 6.03. The molecular formula is C21H25FN2O5S. The maximum atomic E-state index is 13.4. The Bertz CT molecular complexity index is 1040. The van der Waals surface area contributed by atoms with E-state index in [0.29, 0.717) is 11.3 Å². The number of benzene rings is 2. The van der Waals surface area contributed by atoms with Gasteiger partial charge >= 0.3 is 6.09 Å². The van der Waals surface area contributed by atoms with Crippen LogP contribution in [0.5, 0.6) is 0 Å². The Hall–Kier alpha value is -2.94. The maximum Gasteiger partial charge on any atom is 0.409 e. The number of methoxy groups -OCH3 is 1. The van der Waals surface area contributed by atoms with Crippen LogP contribution in [0.25, 0.3) is 0 Å². The van der Waals surface area contributed by atoms with Gasteiger partial charge in [0.2, 0.25) is 0 Å². The Labute approximate surface area is 175 Å². The van der Waals surface area contributed by atoms with Crippen molar-refractivity contribution in [2.24, 2.45) is 5.92 Å². The molecule has 7 nitrogen and oxygen atoms in total. The minimum absolute atomic E-state index is 0.0120. The molecule has 0 saturated carbocycles. The Morgan fingerprint density at radius 1 is 1.20 bits per heavy atom. The standard InChI is InChI=1S/C21H25FN2O5S/c1-14(12-24(3)21(26)29-4)13-30(27,28)18-7-5-6-16(11-18)20(25)23-17-8-9-19(22)15(2)10-17/h5-11,14H,12-13H2,1-4H3,(H,23,25). The topological polar surface area (TPSA) is 92.8 Å². The highest BCUT2D eigenvalue weighted by Crippen LogP contribution is 2.19. The van der Waals surface area contributed by atoms with Crippen LogP contribution in [-0.4, -0.2) is 51.8 Å². The summed E-state index contributed by atoms with van der Waals surface area (Å²) in [5.41, 5.74) is 0.957. The number of nitrogens with zero attached hydrogens (tertiary/aromatic N) is 1. The number of hydrogen-bond donors (Lipinski definition) is 1. The zero-order valence-corrected chi connectivity index (χ0v) is 18.1. The summed E-state index contributed by atoms with van der Waals surface area (Å²) in [5.74, 6) is -1.43. The monoisotopic (exact) mass is 436 g/mol. The van der Waals surface area contributed by atoms with E-state index in [-0.39, 0.29) is 34.5 Å². The van der Waals surface area contributed by atoms with Crippen LogP contribution in [0.4, 0.5) is 14.9 Å². The van der Waals surface area contributed by atoms with Crippen LogP contribution in [0.2, 0.25) is 0 Å². The summed E-state index contributed by atoms with van der Waals surface area (Å²) in [6.07, 6.45) is -0.547. The first-order valence-corrected chi connectivity index (χ1v) is 10.9. The first-order chi connectivity index (χ1) is 14.0. The summed E-state index contributed by atoms with van der Waals surface area (Å²) in [6, 6.07) is 9.89. The summed E-state index contributed by atoms with van der Waals surface area (Å²) < 4.78 is 43.5. The molecule has 1 N–H and O–H groups in total. The van der Waals surface area contributed by atoms with Crippen LogP contribution in [0.15, 0.2) is 47.4 Å². The maximum absolute atomic E-state index is 13.4. The highest BCUT2D eigenvalue weighted by molar-refractivity contribution is 7.91. The average Bonchev–Trinajstić information content (AvgIpc) is 2.69. The summed E-state index contributed by atoms with van der Waals surface area (Å²) in [5, 5.41) is 2.63. The second-order valence-electron chi connectivity index (χ2n) is 7.18. The van der Waals surface area contributed by atoms with Gasteiger partial charge in [-0.3, -0.25) is 4.79 Å². The molecule has 0 radical (unpaired) electrons.